The van der Waals surface area contributed by atoms with Gasteiger partial charge in [-0.2, -0.15) is 0 Å². The predicted molar refractivity (Wildman–Crippen MR) is 112 cm³/mol. The SMILES string of the molecule is C[C@@H](N)Cn1cc(C(=O)C2COc3ccc(Cl)cc3C2)c2ccc(Br)cc21. The predicted octanol–water partition coefficient (Wildman–Crippen LogP) is 4.84. The zero-order chi connectivity index (χ0) is 19.1. The highest BCUT2D eigenvalue weighted by Gasteiger charge is 2.29. The van der Waals surface area contributed by atoms with Crippen molar-refractivity contribution < 1.29 is 9.53 Å². The Balaban J connectivity index is 1.71. The topological polar surface area (TPSA) is 57.2 Å². The van der Waals surface area contributed by atoms with Gasteiger partial charge in [-0.1, -0.05) is 33.6 Å². The summed E-state index contributed by atoms with van der Waals surface area (Å²) in [5, 5.41) is 1.60. The van der Waals surface area contributed by atoms with E-state index in [0.717, 1.165) is 32.3 Å². The molecule has 27 heavy (non-hydrogen) atoms. The Morgan fingerprint density at radius 3 is 2.96 bits per heavy atom. The summed E-state index contributed by atoms with van der Waals surface area (Å²) in [6, 6.07) is 11.5. The third-order valence-electron chi connectivity index (χ3n) is 4.89. The number of carbonyl (C=O) groups excluding carboxylic acids is 1. The van der Waals surface area contributed by atoms with E-state index < -0.39 is 0 Å². The van der Waals surface area contributed by atoms with Gasteiger partial charge in [0.05, 0.1) is 12.5 Å². The van der Waals surface area contributed by atoms with Gasteiger partial charge in [0.1, 0.15) is 5.75 Å². The van der Waals surface area contributed by atoms with Crippen LogP contribution in [0.3, 0.4) is 0 Å². The van der Waals surface area contributed by atoms with Crippen molar-refractivity contribution in [2.75, 3.05) is 6.61 Å². The van der Waals surface area contributed by atoms with Crippen molar-refractivity contribution in [2.45, 2.75) is 25.9 Å². The van der Waals surface area contributed by atoms with Gasteiger partial charge in [0.2, 0.25) is 0 Å². The molecule has 0 saturated carbocycles. The van der Waals surface area contributed by atoms with Gasteiger partial charge in [-0.05, 0) is 49.2 Å². The standard InChI is InChI=1S/C21H20BrClN2O2/c1-12(24)9-25-10-18(17-4-2-15(22)8-19(17)25)21(26)14-6-13-7-16(23)3-5-20(13)27-11-14/h2-5,7-8,10,12,14H,6,9,11,24H2,1H3/t12-,14?/m1/s1. The maximum absolute atomic E-state index is 13.3. The summed E-state index contributed by atoms with van der Waals surface area (Å²) in [4.78, 5) is 13.3. The summed E-state index contributed by atoms with van der Waals surface area (Å²) >= 11 is 9.62. The van der Waals surface area contributed by atoms with Gasteiger partial charge in [-0.25, -0.2) is 0 Å². The monoisotopic (exact) mass is 446 g/mol. The third kappa shape index (κ3) is 3.64. The number of hydrogen-bond donors (Lipinski definition) is 1. The number of carbonyl (C=O) groups is 1. The zero-order valence-corrected chi connectivity index (χ0v) is 17.3. The van der Waals surface area contributed by atoms with Crippen LogP contribution in [0.4, 0.5) is 0 Å². The van der Waals surface area contributed by atoms with Gasteiger partial charge in [-0.15, -0.1) is 0 Å². The van der Waals surface area contributed by atoms with Crippen molar-refractivity contribution in [3.05, 3.63) is 63.2 Å². The summed E-state index contributed by atoms with van der Waals surface area (Å²) in [5.74, 6) is 0.678. The van der Waals surface area contributed by atoms with Crippen LogP contribution in [-0.2, 0) is 13.0 Å². The molecule has 2 atom stereocenters. The molecule has 0 bridgehead atoms. The molecule has 0 saturated heterocycles. The molecule has 140 valence electrons. The Morgan fingerprint density at radius 2 is 2.19 bits per heavy atom. The second-order valence-electron chi connectivity index (χ2n) is 7.16. The van der Waals surface area contributed by atoms with Crippen LogP contribution in [0.5, 0.6) is 5.75 Å². The van der Waals surface area contributed by atoms with Crippen LogP contribution in [0.2, 0.25) is 5.02 Å². The Morgan fingerprint density at radius 1 is 1.37 bits per heavy atom. The van der Waals surface area contributed by atoms with Gasteiger partial charge < -0.3 is 15.0 Å². The van der Waals surface area contributed by atoms with Crippen molar-refractivity contribution >= 4 is 44.2 Å². The van der Waals surface area contributed by atoms with E-state index in [1.807, 2.05) is 49.5 Å². The molecule has 0 fully saturated rings. The average Bonchev–Trinajstić information content (AvgIpc) is 2.97. The second-order valence-corrected chi connectivity index (χ2v) is 8.51. The summed E-state index contributed by atoms with van der Waals surface area (Å²) < 4.78 is 8.86. The van der Waals surface area contributed by atoms with E-state index in [0.29, 0.717) is 24.6 Å². The number of ether oxygens (including phenoxy) is 1. The fourth-order valence-electron chi connectivity index (χ4n) is 3.67. The van der Waals surface area contributed by atoms with Gasteiger partial charge in [0.25, 0.3) is 0 Å². The van der Waals surface area contributed by atoms with E-state index >= 15 is 0 Å². The Bertz CT molecular complexity index is 1030. The highest BCUT2D eigenvalue weighted by atomic mass is 79.9. The highest BCUT2D eigenvalue weighted by Crippen LogP contribution is 2.33. The van der Waals surface area contributed by atoms with Crippen LogP contribution in [0.25, 0.3) is 10.9 Å². The summed E-state index contributed by atoms with van der Waals surface area (Å²) in [7, 11) is 0. The number of fused-ring (bicyclic) bond motifs is 2. The molecule has 2 heterocycles. The molecule has 4 nitrogen and oxygen atoms in total. The van der Waals surface area contributed by atoms with Crippen LogP contribution >= 0.6 is 27.5 Å². The smallest absolute Gasteiger partial charge is 0.171 e. The quantitative estimate of drug-likeness (QED) is 0.582. The van der Waals surface area contributed by atoms with E-state index in [4.69, 9.17) is 22.1 Å². The molecule has 1 aromatic heterocycles. The minimum absolute atomic E-state index is 0.00503. The van der Waals surface area contributed by atoms with E-state index in [9.17, 15) is 4.79 Å². The number of halogens is 2. The van der Waals surface area contributed by atoms with Gasteiger partial charge in [0.15, 0.2) is 5.78 Å². The maximum atomic E-state index is 13.3. The fourth-order valence-corrected chi connectivity index (χ4v) is 4.22. The van der Waals surface area contributed by atoms with Crippen molar-refractivity contribution in [1.29, 1.82) is 0 Å². The molecule has 0 amide bonds. The summed E-state index contributed by atoms with van der Waals surface area (Å²) in [6.45, 7) is 2.99. The number of nitrogens with two attached hydrogens (primary N) is 1. The number of hydrogen-bond acceptors (Lipinski definition) is 3. The molecule has 1 unspecified atom stereocenters. The first-order valence-corrected chi connectivity index (χ1v) is 10.1. The van der Waals surface area contributed by atoms with E-state index in [1.54, 1.807) is 0 Å². The molecular formula is C21H20BrClN2O2. The first-order chi connectivity index (χ1) is 12.9. The summed E-state index contributed by atoms with van der Waals surface area (Å²) in [5.41, 5.74) is 8.70. The number of Topliss-reactive ketones (excluding diaryl/α,β-unsaturated/α-hetero) is 1. The largest absolute Gasteiger partial charge is 0.493 e. The molecule has 2 aromatic carbocycles. The van der Waals surface area contributed by atoms with Gasteiger partial charge >= 0.3 is 0 Å². The lowest BCUT2D eigenvalue weighted by Crippen LogP contribution is -2.28. The number of nitrogens with zero attached hydrogens (tertiary/aromatic N) is 1. The van der Waals surface area contributed by atoms with Crippen LogP contribution in [0, 0.1) is 5.92 Å². The van der Waals surface area contributed by atoms with Crippen molar-refractivity contribution in [1.82, 2.24) is 4.57 Å². The Kier molecular flexibility index (Phi) is 5.01. The van der Waals surface area contributed by atoms with Crippen LogP contribution in [0.15, 0.2) is 47.1 Å². The lowest BCUT2D eigenvalue weighted by Gasteiger charge is -2.24. The normalized spacial score (nSPS) is 17.4. The molecule has 4 rings (SSSR count). The molecule has 6 heteroatoms. The second kappa shape index (κ2) is 7.30. The molecule has 0 aliphatic carbocycles. The Labute approximate surface area is 171 Å². The van der Waals surface area contributed by atoms with Crippen LogP contribution in [0.1, 0.15) is 22.8 Å². The molecule has 1 aliphatic rings. The first-order valence-electron chi connectivity index (χ1n) is 8.92. The van der Waals surface area contributed by atoms with Crippen molar-refractivity contribution in [3.8, 4) is 5.75 Å². The number of ketones is 1. The summed E-state index contributed by atoms with van der Waals surface area (Å²) in [6.07, 6.45) is 2.56. The third-order valence-corrected chi connectivity index (χ3v) is 5.62. The highest BCUT2D eigenvalue weighted by molar-refractivity contribution is 9.10. The number of aromatic nitrogens is 1. The molecular weight excluding hydrogens is 428 g/mol. The lowest BCUT2D eigenvalue weighted by molar-refractivity contribution is 0.0856. The van der Waals surface area contributed by atoms with E-state index in [1.165, 1.54) is 0 Å². The average molecular weight is 448 g/mol. The molecule has 2 N–H and O–H groups in total. The molecule has 1 aliphatic heterocycles. The van der Waals surface area contributed by atoms with Crippen molar-refractivity contribution in [2.24, 2.45) is 11.7 Å². The maximum Gasteiger partial charge on any atom is 0.171 e. The minimum Gasteiger partial charge on any atom is -0.493 e. The van der Waals surface area contributed by atoms with Crippen LogP contribution in [-0.4, -0.2) is 23.0 Å². The zero-order valence-electron chi connectivity index (χ0n) is 14.9. The molecule has 0 spiro atoms. The van der Waals surface area contributed by atoms with Crippen molar-refractivity contribution in [3.63, 3.8) is 0 Å². The Hall–Kier alpha value is -1.82. The lowest BCUT2D eigenvalue weighted by atomic mass is 9.89. The van der Waals surface area contributed by atoms with Gasteiger partial charge in [0, 0.05) is 44.7 Å². The van der Waals surface area contributed by atoms with Gasteiger partial charge in [-0.3, -0.25) is 4.79 Å². The first kappa shape index (κ1) is 18.5. The molecule has 3 aromatic rings. The number of benzene rings is 2. The minimum atomic E-state index is -0.228. The fraction of sp³-hybridized carbons (Fsp3) is 0.286. The van der Waals surface area contributed by atoms with E-state index in [2.05, 4.69) is 20.5 Å². The number of rotatable bonds is 4. The molecule has 0 radical (unpaired) electrons. The van der Waals surface area contributed by atoms with E-state index in [-0.39, 0.29) is 17.7 Å². The van der Waals surface area contributed by atoms with Crippen LogP contribution < -0.4 is 10.5 Å².